The van der Waals surface area contributed by atoms with Crippen LogP contribution in [-0.4, -0.2) is 52.2 Å². The predicted molar refractivity (Wildman–Crippen MR) is 112 cm³/mol. The number of carbonyl (C=O) groups is 1. The largest absolute Gasteiger partial charge is 0.355 e. The SMILES string of the molecule is Cc1nc(-c2ccsc2)ccc1C(=O)N1CCC(N(C)c2cccnn2)CC1. The van der Waals surface area contributed by atoms with E-state index in [2.05, 4.69) is 25.5 Å². The van der Waals surface area contributed by atoms with Gasteiger partial charge >= 0.3 is 0 Å². The first-order chi connectivity index (χ1) is 13.6. The van der Waals surface area contributed by atoms with Gasteiger partial charge in [-0.1, -0.05) is 0 Å². The molecule has 1 amide bonds. The summed E-state index contributed by atoms with van der Waals surface area (Å²) >= 11 is 1.65. The van der Waals surface area contributed by atoms with Crippen LogP contribution in [0.25, 0.3) is 11.3 Å². The monoisotopic (exact) mass is 393 g/mol. The van der Waals surface area contributed by atoms with Gasteiger partial charge in [0.2, 0.25) is 0 Å². The summed E-state index contributed by atoms with van der Waals surface area (Å²) in [5, 5.41) is 12.2. The Balaban J connectivity index is 1.41. The molecule has 0 unspecified atom stereocenters. The lowest BCUT2D eigenvalue weighted by atomic mass is 10.0. The fourth-order valence-corrected chi connectivity index (χ4v) is 4.30. The minimum atomic E-state index is 0.0717. The molecule has 0 bridgehead atoms. The van der Waals surface area contributed by atoms with Gasteiger partial charge in [-0.25, -0.2) is 0 Å². The van der Waals surface area contributed by atoms with Crippen molar-refractivity contribution in [1.82, 2.24) is 20.1 Å². The van der Waals surface area contributed by atoms with Crippen LogP contribution in [0.15, 0.2) is 47.3 Å². The lowest BCUT2D eigenvalue weighted by Gasteiger charge is -2.37. The first kappa shape index (κ1) is 18.6. The quantitative estimate of drug-likeness (QED) is 0.677. The minimum Gasteiger partial charge on any atom is -0.355 e. The number of anilines is 1. The van der Waals surface area contributed by atoms with Crippen LogP contribution < -0.4 is 4.90 Å². The van der Waals surface area contributed by atoms with Gasteiger partial charge in [0, 0.05) is 43.3 Å². The number of hydrogen-bond donors (Lipinski definition) is 0. The van der Waals surface area contributed by atoms with Crippen molar-refractivity contribution in [2.75, 3.05) is 25.0 Å². The number of piperidine rings is 1. The van der Waals surface area contributed by atoms with E-state index in [9.17, 15) is 4.79 Å². The van der Waals surface area contributed by atoms with Crippen LogP contribution in [0.1, 0.15) is 28.9 Å². The van der Waals surface area contributed by atoms with E-state index >= 15 is 0 Å². The van der Waals surface area contributed by atoms with Crippen molar-refractivity contribution < 1.29 is 4.79 Å². The lowest BCUT2D eigenvalue weighted by Crippen LogP contribution is -2.46. The molecule has 1 fully saturated rings. The van der Waals surface area contributed by atoms with Gasteiger partial charge in [-0.15, -0.1) is 5.10 Å². The molecular weight excluding hydrogens is 370 g/mol. The molecule has 3 aromatic rings. The maximum absolute atomic E-state index is 13.0. The van der Waals surface area contributed by atoms with E-state index in [0.717, 1.165) is 48.7 Å². The number of carbonyl (C=O) groups excluding carboxylic acids is 1. The van der Waals surface area contributed by atoms with E-state index in [-0.39, 0.29) is 5.91 Å². The molecule has 0 radical (unpaired) electrons. The van der Waals surface area contributed by atoms with Crippen molar-refractivity contribution in [1.29, 1.82) is 0 Å². The number of amides is 1. The summed E-state index contributed by atoms with van der Waals surface area (Å²) < 4.78 is 0. The first-order valence-corrected chi connectivity index (χ1v) is 10.4. The van der Waals surface area contributed by atoms with Gasteiger partial charge < -0.3 is 9.80 Å². The summed E-state index contributed by atoms with van der Waals surface area (Å²) in [6, 6.07) is 10.1. The highest BCUT2D eigenvalue weighted by molar-refractivity contribution is 7.08. The third kappa shape index (κ3) is 3.75. The fourth-order valence-electron chi connectivity index (χ4n) is 3.65. The Bertz CT molecular complexity index is 937. The Labute approximate surface area is 168 Å². The van der Waals surface area contributed by atoms with Gasteiger partial charge in [0.25, 0.3) is 5.91 Å². The summed E-state index contributed by atoms with van der Waals surface area (Å²) in [6.45, 7) is 3.39. The molecule has 144 valence electrons. The van der Waals surface area contributed by atoms with Crippen LogP contribution in [0.5, 0.6) is 0 Å². The van der Waals surface area contributed by atoms with E-state index in [0.29, 0.717) is 11.6 Å². The average Bonchev–Trinajstić information content (AvgIpc) is 3.28. The molecule has 1 aliphatic rings. The average molecular weight is 394 g/mol. The zero-order valence-corrected chi connectivity index (χ0v) is 16.9. The minimum absolute atomic E-state index is 0.0717. The third-order valence-electron chi connectivity index (χ3n) is 5.35. The highest BCUT2D eigenvalue weighted by Gasteiger charge is 2.27. The van der Waals surface area contributed by atoms with Gasteiger partial charge in [0.15, 0.2) is 5.82 Å². The molecule has 1 aliphatic heterocycles. The van der Waals surface area contributed by atoms with Gasteiger partial charge in [0.05, 0.1) is 17.0 Å². The van der Waals surface area contributed by atoms with Crippen LogP contribution >= 0.6 is 11.3 Å². The second-order valence-corrected chi connectivity index (χ2v) is 7.84. The van der Waals surface area contributed by atoms with Crippen molar-refractivity contribution in [3.63, 3.8) is 0 Å². The second kappa shape index (κ2) is 8.06. The van der Waals surface area contributed by atoms with Crippen molar-refractivity contribution >= 4 is 23.1 Å². The molecule has 1 saturated heterocycles. The maximum Gasteiger partial charge on any atom is 0.255 e. The zero-order chi connectivity index (χ0) is 19.5. The zero-order valence-electron chi connectivity index (χ0n) is 16.1. The smallest absolute Gasteiger partial charge is 0.255 e. The van der Waals surface area contributed by atoms with Crippen LogP contribution in [0.3, 0.4) is 0 Å². The van der Waals surface area contributed by atoms with Crippen LogP contribution in [-0.2, 0) is 0 Å². The Kier molecular flexibility index (Phi) is 5.34. The number of hydrogen-bond acceptors (Lipinski definition) is 6. The Hall–Kier alpha value is -2.80. The molecule has 7 heteroatoms. The topological polar surface area (TPSA) is 62.2 Å². The number of rotatable bonds is 4. The van der Waals surface area contributed by atoms with Crippen LogP contribution in [0.4, 0.5) is 5.82 Å². The second-order valence-electron chi connectivity index (χ2n) is 7.06. The van der Waals surface area contributed by atoms with Crippen LogP contribution in [0, 0.1) is 6.92 Å². The molecule has 28 heavy (non-hydrogen) atoms. The normalized spacial score (nSPS) is 14.9. The third-order valence-corrected chi connectivity index (χ3v) is 6.04. The first-order valence-electron chi connectivity index (χ1n) is 9.43. The summed E-state index contributed by atoms with van der Waals surface area (Å²) in [4.78, 5) is 21.8. The Morgan fingerprint density at radius 2 is 2.04 bits per heavy atom. The molecule has 0 spiro atoms. The number of nitrogens with zero attached hydrogens (tertiary/aromatic N) is 5. The molecule has 0 aliphatic carbocycles. The van der Waals surface area contributed by atoms with Gasteiger partial charge in [-0.05, 0) is 55.5 Å². The van der Waals surface area contributed by atoms with Crippen molar-refractivity contribution in [3.8, 4) is 11.3 Å². The molecule has 4 heterocycles. The van der Waals surface area contributed by atoms with E-state index in [1.165, 1.54) is 0 Å². The van der Waals surface area contributed by atoms with Crippen LogP contribution in [0.2, 0.25) is 0 Å². The lowest BCUT2D eigenvalue weighted by molar-refractivity contribution is 0.0712. The highest BCUT2D eigenvalue weighted by Crippen LogP contribution is 2.24. The number of aromatic nitrogens is 3. The molecule has 4 rings (SSSR count). The Morgan fingerprint density at radius 1 is 1.21 bits per heavy atom. The van der Waals surface area contributed by atoms with Gasteiger partial charge in [0.1, 0.15) is 0 Å². The Morgan fingerprint density at radius 3 is 2.68 bits per heavy atom. The van der Waals surface area contributed by atoms with E-state index in [4.69, 9.17) is 0 Å². The summed E-state index contributed by atoms with van der Waals surface area (Å²) in [5.74, 6) is 0.943. The highest BCUT2D eigenvalue weighted by atomic mass is 32.1. The molecular formula is C21H23N5OS. The number of thiophene rings is 1. The fraction of sp³-hybridized carbons (Fsp3) is 0.333. The van der Waals surface area contributed by atoms with E-state index in [1.54, 1.807) is 17.5 Å². The van der Waals surface area contributed by atoms with Gasteiger partial charge in [-0.3, -0.25) is 9.78 Å². The number of pyridine rings is 1. The van der Waals surface area contributed by atoms with Gasteiger partial charge in [-0.2, -0.15) is 16.4 Å². The summed E-state index contributed by atoms with van der Waals surface area (Å²) in [6.07, 6.45) is 3.51. The van der Waals surface area contributed by atoms with E-state index < -0.39 is 0 Å². The molecule has 0 saturated carbocycles. The molecule has 0 atom stereocenters. The molecule has 6 nitrogen and oxygen atoms in total. The van der Waals surface area contributed by atoms with Crippen molar-refractivity contribution in [2.45, 2.75) is 25.8 Å². The van der Waals surface area contributed by atoms with E-state index in [1.807, 2.05) is 54.6 Å². The molecule has 0 N–H and O–H groups in total. The standard InChI is InChI=1S/C21H23N5OS/c1-15-18(5-6-19(23-15)16-9-13-28-14-16)21(27)26-11-7-17(8-12-26)25(2)20-4-3-10-22-24-20/h3-6,9-10,13-14,17H,7-8,11-12H2,1-2H3. The van der Waals surface area contributed by atoms with Crippen molar-refractivity contribution in [2.24, 2.45) is 0 Å². The number of likely N-dealkylation sites (tertiary alicyclic amines) is 1. The molecule has 3 aromatic heterocycles. The predicted octanol–water partition coefficient (Wildman–Crippen LogP) is 3.65. The molecule has 0 aromatic carbocycles. The maximum atomic E-state index is 13.0. The summed E-state index contributed by atoms with van der Waals surface area (Å²) in [7, 11) is 2.05. The van der Waals surface area contributed by atoms with Crippen molar-refractivity contribution in [3.05, 3.63) is 58.5 Å². The number of aryl methyl sites for hydroxylation is 1. The summed E-state index contributed by atoms with van der Waals surface area (Å²) in [5.41, 5.74) is 3.49.